The Bertz CT molecular complexity index is 331. The maximum atomic E-state index is 5.52. The Morgan fingerprint density at radius 3 is 2.65 bits per heavy atom. The summed E-state index contributed by atoms with van der Waals surface area (Å²) in [6, 6.07) is 2.08. The van der Waals surface area contributed by atoms with Crippen LogP contribution in [0.3, 0.4) is 0 Å². The first kappa shape index (κ1) is 14.3. The average Bonchev–Trinajstić information content (AvgIpc) is 2.73. The maximum Gasteiger partial charge on any atom is 0.122 e. The largest absolute Gasteiger partial charge is 0.468 e. The molecule has 0 saturated heterocycles. The zero-order valence-electron chi connectivity index (χ0n) is 11.8. The van der Waals surface area contributed by atoms with Crippen molar-refractivity contribution in [3.63, 3.8) is 0 Å². The van der Waals surface area contributed by atoms with Crippen molar-refractivity contribution in [3.8, 4) is 0 Å². The molecule has 98 valence electrons. The van der Waals surface area contributed by atoms with Gasteiger partial charge in [0.1, 0.15) is 5.76 Å². The molecule has 0 bridgehead atoms. The molecule has 3 heteroatoms. The van der Waals surface area contributed by atoms with E-state index in [4.69, 9.17) is 4.42 Å². The second kappa shape index (κ2) is 6.22. The van der Waals surface area contributed by atoms with Gasteiger partial charge in [0.15, 0.2) is 0 Å². The van der Waals surface area contributed by atoms with Gasteiger partial charge in [-0.1, -0.05) is 13.8 Å². The third kappa shape index (κ3) is 3.86. The average molecular weight is 238 g/mol. The summed E-state index contributed by atoms with van der Waals surface area (Å²) < 4.78 is 5.52. The molecule has 0 saturated carbocycles. The lowest BCUT2D eigenvalue weighted by Gasteiger charge is -2.34. The van der Waals surface area contributed by atoms with Crippen molar-refractivity contribution < 1.29 is 4.42 Å². The summed E-state index contributed by atoms with van der Waals surface area (Å²) >= 11 is 0. The predicted octanol–water partition coefficient (Wildman–Crippen LogP) is 3.01. The highest BCUT2D eigenvalue weighted by Crippen LogP contribution is 2.21. The van der Waals surface area contributed by atoms with Crippen LogP contribution < -0.4 is 5.32 Å². The van der Waals surface area contributed by atoms with E-state index in [1.807, 2.05) is 0 Å². The van der Waals surface area contributed by atoms with Crippen molar-refractivity contribution in [1.29, 1.82) is 0 Å². The lowest BCUT2D eigenvalue weighted by Crippen LogP contribution is -2.39. The minimum atomic E-state index is 0.229. The van der Waals surface area contributed by atoms with E-state index in [-0.39, 0.29) is 5.54 Å². The SMILES string of the molecule is CCNCc1occc1CN(C)C(C)(C)CC. The standard InChI is InChI=1S/C14H26N2O/c1-6-14(3,4)16(5)11-12-8-9-17-13(12)10-15-7-2/h8-9,15H,6-7,10-11H2,1-5H3. The normalized spacial score (nSPS) is 12.4. The van der Waals surface area contributed by atoms with Crippen LogP contribution >= 0.6 is 0 Å². The zero-order valence-corrected chi connectivity index (χ0v) is 11.8. The van der Waals surface area contributed by atoms with E-state index in [0.717, 1.165) is 31.8 Å². The Morgan fingerprint density at radius 1 is 1.35 bits per heavy atom. The molecule has 3 nitrogen and oxygen atoms in total. The molecule has 0 unspecified atom stereocenters. The molecule has 17 heavy (non-hydrogen) atoms. The van der Waals surface area contributed by atoms with Crippen molar-refractivity contribution in [2.24, 2.45) is 0 Å². The zero-order chi connectivity index (χ0) is 12.9. The highest BCUT2D eigenvalue weighted by atomic mass is 16.3. The number of nitrogens with one attached hydrogen (secondary N) is 1. The molecule has 1 rings (SSSR count). The molecule has 0 atom stereocenters. The molecule has 0 aliphatic carbocycles. The van der Waals surface area contributed by atoms with E-state index >= 15 is 0 Å². The van der Waals surface area contributed by atoms with Gasteiger partial charge in [0, 0.05) is 17.6 Å². The van der Waals surface area contributed by atoms with Crippen LogP contribution in [-0.2, 0) is 13.1 Å². The van der Waals surface area contributed by atoms with E-state index in [9.17, 15) is 0 Å². The predicted molar refractivity (Wildman–Crippen MR) is 71.9 cm³/mol. The molecule has 0 aliphatic rings. The van der Waals surface area contributed by atoms with Gasteiger partial charge < -0.3 is 9.73 Å². The van der Waals surface area contributed by atoms with Crippen LogP contribution in [0.5, 0.6) is 0 Å². The van der Waals surface area contributed by atoms with Gasteiger partial charge in [-0.05, 0) is 39.9 Å². The van der Waals surface area contributed by atoms with Gasteiger partial charge in [0.25, 0.3) is 0 Å². The van der Waals surface area contributed by atoms with Gasteiger partial charge in [0.05, 0.1) is 12.8 Å². The molecular weight excluding hydrogens is 212 g/mol. The Hall–Kier alpha value is -0.800. The Kier molecular flexibility index (Phi) is 5.22. The quantitative estimate of drug-likeness (QED) is 0.791. The molecule has 0 aromatic carbocycles. The second-order valence-electron chi connectivity index (χ2n) is 5.17. The lowest BCUT2D eigenvalue weighted by atomic mass is 9.99. The van der Waals surface area contributed by atoms with Crippen molar-refractivity contribution >= 4 is 0 Å². The first-order chi connectivity index (χ1) is 8.01. The molecule has 0 spiro atoms. The summed E-state index contributed by atoms with van der Waals surface area (Å²) in [7, 11) is 2.17. The third-order valence-corrected chi connectivity index (χ3v) is 3.68. The highest BCUT2D eigenvalue weighted by Gasteiger charge is 2.22. The molecule has 0 aliphatic heterocycles. The summed E-state index contributed by atoms with van der Waals surface area (Å²) in [5.41, 5.74) is 1.52. The van der Waals surface area contributed by atoms with Gasteiger partial charge in [-0.25, -0.2) is 0 Å². The number of nitrogens with zero attached hydrogens (tertiary/aromatic N) is 1. The Morgan fingerprint density at radius 2 is 2.06 bits per heavy atom. The molecule has 0 fully saturated rings. The third-order valence-electron chi connectivity index (χ3n) is 3.68. The Labute approximate surface area is 105 Å². The van der Waals surface area contributed by atoms with Crippen LogP contribution in [0.2, 0.25) is 0 Å². The van der Waals surface area contributed by atoms with Crippen LogP contribution in [-0.4, -0.2) is 24.0 Å². The number of hydrogen-bond donors (Lipinski definition) is 1. The van der Waals surface area contributed by atoms with Gasteiger partial charge in [0.2, 0.25) is 0 Å². The van der Waals surface area contributed by atoms with Crippen LogP contribution in [0, 0.1) is 0 Å². The Balaban J connectivity index is 2.65. The summed E-state index contributed by atoms with van der Waals surface area (Å²) in [5.74, 6) is 1.06. The first-order valence-corrected chi connectivity index (χ1v) is 6.48. The van der Waals surface area contributed by atoms with Crippen LogP contribution in [0.25, 0.3) is 0 Å². The van der Waals surface area contributed by atoms with Crippen LogP contribution in [0.1, 0.15) is 45.4 Å². The molecular formula is C14H26N2O. The number of rotatable bonds is 7. The molecule has 0 amide bonds. The van der Waals surface area contributed by atoms with Crippen molar-refractivity contribution in [1.82, 2.24) is 10.2 Å². The summed E-state index contributed by atoms with van der Waals surface area (Å²) in [5, 5.41) is 3.30. The fourth-order valence-corrected chi connectivity index (χ4v) is 1.64. The van der Waals surface area contributed by atoms with Gasteiger partial charge >= 0.3 is 0 Å². The topological polar surface area (TPSA) is 28.4 Å². The van der Waals surface area contributed by atoms with Crippen molar-refractivity contribution in [3.05, 3.63) is 23.7 Å². The fraction of sp³-hybridized carbons (Fsp3) is 0.714. The van der Waals surface area contributed by atoms with Gasteiger partial charge in [-0.2, -0.15) is 0 Å². The molecule has 0 radical (unpaired) electrons. The minimum absolute atomic E-state index is 0.229. The summed E-state index contributed by atoms with van der Waals surface area (Å²) in [6.07, 6.45) is 2.93. The van der Waals surface area contributed by atoms with E-state index < -0.39 is 0 Å². The lowest BCUT2D eigenvalue weighted by molar-refractivity contribution is 0.142. The molecule has 1 aromatic heterocycles. The smallest absolute Gasteiger partial charge is 0.122 e. The van der Waals surface area contributed by atoms with Gasteiger partial charge in [-0.3, -0.25) is 4.90 Å². The van der Waals surface area contributed by atoms with E-state index in [1.165, 1.54) is 5.56 Å². The van der Waals surface area contributed by atoms with Crippen molar-refractivity contribution in [2.45, 2.75) is 52.7 Å². The summed E-state index contributed by atoms with van der Waals surface area (Å²) in [6.45, 7) is 11.6. The van der Waals surface area contributed by atoms with E-state index in [1.54, 1.807) is 6.26 Å². The number of furan rings is 1. The molecule has 1 N–H and O–H groups in total. The summed E-state index contributed by atoms with van der Waals surface area (Å²) in [4.78, 5) is 2.38. The highest BCUT2D eigenvalue weighted by molar-refractivity contribution is 5.17. The van der Waals surface area contributed by atoms with Crippen molar-refractivity contribution in [2.75, 3.05) is 13.6 Å². The van der Waals surface area contributed by atoms with E-state index in [2.05, 4.69) is 51.0 Å². The second-order valence-corrected chi connectivity index (χ2v) is 5.17. The molecule has 1 aromatic rings. The monoisotopic (exact) mass is 238 g/mol. The first-order valence-electron chi connectivity index (χ1n) is 6.48. The maximum absolute atomic E-state index is 5.52. The van der Waals surface area contributed by atoms with Crippen LogP contribution in [0.15, 0.2) is 16.7 Å². The minimum Gasteiger partial charge on any atom is -0.468 e. The fourth-order valence-electron chi connectivity index (χ4n) is 1.64. The number of hydrogen-bond acceptors (Lipinski definition) is 3. The van der Waals surface area contributed by atoms with E-state index in [0.29, 0.717) is 0 Å². The van der Waals surface area contributed by atoms with Gasteiger partial charge in [-0.15, -0.1) is 0 Å². The van der Waals surface area contributed by atoms with Crippen LogP contribution in [0.4, 0.5) is 0 Å². The molecule has 1 heterocycles.